The Hall–Kier alpha value is -2.42. The van der Waals surface area contributed by atoms with E-state index in [0.29, 0.717) is 22.4 Å². The second-order valence-corrected chi connectivity index (χ2v) is 4.84. The first-order valence-corrected chi connectivity index (χ1v) is 6.51. The Bertz CT molecular complexity index is 647. The molecule has 0 saturated heterocycles. The van der Waals surface area contributed by atoms with Gasteiger partial charge in [0, 0.05) is 22.7 Å². The molecule has 0 aliphatic heterocycles. The van der Waals surface area contributed by atoms with Crippen LogP contribution in [0.2, 0.25) is 0 Å². The number of para-hydroxylation sites is 1. The van der Waals surface area contributed by atoms with Crippen LogP contribution in [0.3, 0.4) is 0 Å². The highest BCUT2D eigenvalue weighted by molar-refractivity contribution is 6.12. The van der Waals surface area contributed by atoms with Gasteiger partial charge in [-0.1, -0.05) is 49.4 Å². The molecule has 0 bridgehead atoms. The lowest BCUT2D eigenvalue weighted by Gasteiger charge is -2.14. The number of carbonyl (C=O) groups is 2. The van der Waals surface area contributed by atoms with E-state index >= 15 is 0 Å². The summed E-state index contributed by atoms with van der Waals surface area (Å²) in [5.41, 5.74) is 8.22. The number of ketones is 2. The summed E-state index contributed by atoms with van der Waals surface area (Å²) in [7, 11) is 0. The zero-order valence-electron chi connectivity index (χ0n) is 11.6. The van der Waals surface area contributed by atoms with Crippen LogP contribution in [-0.4, -0.2) is 11.6 Å². The number of Topliss-reactive ketones (excluding diaryl/α,β-unsaturated/α-hetero) is 1. The average Bonchev–Trinajstić information content (AvgIpc) is 2.47. The predicted molar refractivity (Wildman–Crippen MR) is 79.8 cm³/mol. The van der Waals surface area contributed by atoms with Crippen LogP contribution < -0.4 is 5.73 Å². The molecule has 3 heteroatoms. The summed E-state index contributed by atoms with van der Waals surface area (Å²) < 4.78 is 0. The molecule has 0 aliphatic rings. The van der Waals surface area contributed by atoms with Crippen LogP contribution in [0.25, 0.3) is 0 Å². The van der Waals surface area contributed by atoms with Gasteiger partial charge < -0.3 is 5.73 Å². The fraction of sp³-hybridized carbons (Fsp3) is 0.176. The number of rotatable bonds is 4. The van der Waals surface area contributed by atoms with Gasteiger partial charge in [0.2, 0.25) is 0 Å². The van der Waals surface area contributed by atoms with Gasteiger partial charge >= 0.3 is 0 Å². The minimum absolute atomic E-state index is 0.0287. The van der Waals surface area contributed by atoms with Crippen molar-refractivity contribution in [3.63, 3.8) is 0 Å². The fourth-order valence-electron chi connectivity index (χ4n) is 2.12. The van der Waals surface area contributed by atoms with Gasteiger partial charge in [0.05, 0.1) is 0 Å². The molecular formula is C17H17NO2. The lowest BCUT2D eigenvalue weighted by Crippen LogP contribution is -2.12. The van der Waals surface area contributed by atoms with Crippen LogP contribution in [0.1, 0.15) is 41.3 Å². The quantitative estimate of drug-likeness (QED) is 0.683. The molecule has 0 aromatic heterocycles. The van der Waals surface area contributed by atoms with Gasteiger partial charge in [-0.25, -0.2) is 0 Å². The van der Waals surface area contributed by atoms with E-state index in [1.54, 1.807) is 37.3 Å². The Balaban J connectivity index is 2.46. The third-order valence-corrected chi connectivity index (χ3v) is 3.50. The fourth-order valence-corrected chi connectivity index (χ4v) is 2.12. The largest absolute Gasteiger partial charge is 0.398 e. The molecule has 0 amide bonds. The summed E-state index contributed by atoms with van der Waals surface area (Å²) >= 11 is 0. The molecule has 0 aliphatic carbocycles. The Morgan fingerprint density at radius 1 is 1.00 bits per heavy atom. The van der Waals surface area contributed by atoms with Gasteiger partial charge in [0.25, 0.3) is 0 Å². The molecule has 2 rings (SSSR count). The molecule has 2 N–H and O–H groups in total. The maximum atomic E-state index is 12.4. The third kappa shape index (κ3) is 2.62. The van der Waals surface area contributed by atoms with E-state index in [-0.39, 0.29) is 17.5 Å². The van der Waals surface area contributed by atoms with Gasteiger partial charge in [-0.2, -0.15) is 0 Å². The zero-order valence-corrected chi connectivity index (χ0v) is 11.6. The second kappa shape index (κ2) is 5.70. The number of benzene rings is 2. The van der Waals surface area contributed by atoms with E-state index in [2.05, 4.69) is 0 Å². The van der Waals surface area contributed by atoms with Crippen LogP contribution >= 0.6 is 0 Å². The number of nitrogens with two attached hydrogens (primary N) is 1. The number of hydrogen-bond acceptors (Lipinski definition) is 3. The highest BCUT2D eigenvalue weighted by Gasteiger charge is 2.19. The van der Waals surface area contributed by atoms with Gasteiger partial charge in [-0.05, 0) is 18.6 Å². The molecule has 102 valence electrons. The highest BCUT2D eigenvalue weighted by atomic mass is 16.1. The lowest BCUT2D eigenvalue weighted by atomic mass is 9.91. The topological polar surface area (TPSA) is 60.2 Å². The molecule has 2 aromatic rings. The van der Waals surface area contributed by atoms with Crippen molar-refractivity contribution in [1.82, 2.24) is 0 Å². The van der Waals surface area contributed by atoms with Crippen LogP contribution in [0.4, 0.5) is 5.69 Å². The van der Waals surface area contributed by atoms with Crippen molar-refractivity contribution in [2.75, 3.05) is 5.73 Å². The van der Waals surface area contributed by atoms with E-state index in [0.717, 1.165) is 0 Å². The van der Waals surface area contributed by atoms with Gasteiger partial charge in [-0.3, -0.25) is 9.59 Å². The van der Waals surface area contributed by atoms with Crippen LogP contribution in [0.5, 0.6) is 0 Å². The van der Waals surface area contributed by atoms with Crippen molar-refractivity contribution >= 4 is 17.3 Å². The number of hydrogen-bond donors (Lipinski definition) is 1. The molecule has 0 fully saturated rings. The minimum atomic E-state index is -0.307. The number of anilines is 1. The second-order valence-electron chi connectivity index (χ2n) is 4.84. The number of carbonyl (C=O) groups excluding carboxylic acids is 2. The van der Waals surface area contributed by atoms with Crippen LogP contribution in [0.15, 0.2) is 48.5 Å². The van der Waals surface area contributed by atoms with E-state index in [1.165, 1.54) is 6.92 Å². The lowest BCUT2D eigenvalue weighted by molar-refractivity contribution is -0.118. The van der Waals surface area contributed by atoms with Crippen molar-refractivity contribution in [3.05, 3.63) is 65.2 Å². The monoisotopic (exact) mass is 267 g/mol. The van der Waals surface area contributed by atoms with Crippen molar-refractivity contribution in [2.24, 2.45) is 0 Å². The van der Waals surface area contributed by atoms with E-state index < -0.39 is 0 Å². The third-order valence-electron chi connectivity index (χ3n) is 3.50. The van der Waals surface area contributed by atoms with E-state index in [4.69, 9.17) is 5.73 Å². The molecule has 1 unspecified atom stereocenters. The van der Waals surface area contributed by atoms with Crippen molar-refractivity contribution in [3.8, 4) is 0 Å². The summed E-state index contributed by atoms with van der Waals surface area (Å²) in [6, 6.07) is 14.2. The maximum absolute atomic E-state index is 12.4. The Labute approximate surface area is 118 Å². The number of nitrogen functional groups attached to an aromatic ring is 1. The molecule has 3 nitrogen and oxygen atoms in total. The maximum Gasteiger partial charge on any atom is 0.195 e. The van der Waals surface area contributed by atoms with E-state index in [9.17, 15) is 9.59 Å². The summed E-state index contributed by atoms with van der Waals surface area (Å²) in [5, 5.41) is 0. The normalized spacial score (nSPS) is 11.9. The summed E-state index contributed by atoms with van der Waals surface area (Å²) in [6.07, 6.45) is 0. The van der Waals surface area contributed by atoms with E-state index in [1.807, 2.05) is 18.2 Å². The van der Waals surface area contributed by atoms with Gasteiger partial charge in [0.15, 0.2) is 5.78 Å². The van der Waals surface area contributed by atoms with Gasteiger partial charge in [-0.15, -0.1) is 0 Å². The smallest absolute Gasteiger partial charge is 0.195 e. The Morgan fingerprint density at radius 2 is 1.65 bits per heavy atom. The summed E-state index contributed by atoms with van der Waals surface area (Å²) in [4.78, 5) is 24.0. The zero-order chi connectivity index (χ0) is 14.7. The standard InChI is InChI=1S/C17H17NO2/c1-11(12(2)19)14-9-6-10-15(16(14)18)17(20)13-7-4-3-5-8-13/h3-11H,18H2,1-2H3. The minimum Gasteiger partial charge on any atom is -0.398 e. The molecule has 0 heterocycles. The van der Waals surface area contributed by atoms with Crippen LogP contribution in [0, 0.1) is 0 Å². The molecule has 20 heavy (non-hydrogen) atoms. The van der Waals surface area contributed by atoms with Crippen molar-refractivity contribution in [2.45, 2.75) is 19.8 Å². The van der Waals surface area contributed by atoms with Gasteiger partial charge in [0.1, 0.15) is 5.78 Å². The first-order valence-electron chi connectivity index (χ1n) is 6.51. The average molecular weight is 267 g/mol. The molecule has 0 spiro atoms. The SMILES string of the molecule is CC(=O)C(C)c1cccc(C(=O)c2ccccc2)c1N. The Morgan fingerprint density at radius 3 is 2.25 bits per heavy atom. The summed E-state index contributed by atoms with van der Waals surface area (Å²) in [6.45, 7) is 3.32. The molecule has 1 atom stereocenters. The summed E-state index contributed by atoms with van der Waals surface area (Å²) in [5.74, 6) is -0.403. The first kappa shape index (κ1) is 14.0. The molecule has 2 aromatic carbocycles. The van der Waals surface area contributed by atoms with Crippen LogP contribution in [-0.2, 0) is 4.79 Å². The first-order chi connectivity index (χ1) is 9.52. The molecule has 0 saturated carbocycles. The Kier molecular flexibility index (Phi) is 3.99. The highest BCUT2D eigenvalue weighted by Crippen LogP contribution is 2.27. The molecule has 0 radical (unpaired) electrons. The van der Waals surface area contributed by atoms with Crippen molar-refractivity contribution < 1.29 is 9.59 Å². The van der Waals surface area contributed by atoms with Crippen molar-refractivity contribution in [1.29, 1.82) is 0 Å². The molecular weight excluding hydrogens is 250 g/mol. The predicted octanol–water partition coefficient (Wildman–Crippen LogP) is 3.19.